The highest BCUT2D eigenvalue weighted by Gasteiger charge is 2.40. The van der Waals surface area contributed by atoms with Gasteiger partial charge in [-0.3, -0.25) is 14.6 Å². The second-order valence-corrected chi connectivity index (χ2v) is 6.57. The maximum absolute atomic E-state index is 12.6. The van der Waals surface area contributed by atoms with Crippen LogP contribution in [0, 0.1) is 5.41 Å². The first-order valence-electron chi connectivity index (χ1n) is 8.05. The molecule has 5 nitrogen and oxygen atoms in total. The fraction of sp³-hybridized carbons (Fsp3) is 0.588. The van der Waals surface area contributed by atoms with Gasteiger partial charge in [-0.2, -0.15) is 0 Å². The van der Waals surface area contributed by atoms with Crippen molar-refractivity contribution in [3.05, 3.63) is 30.1 Å². The molecule has 0 N–H and O–H groups in total. The molecule has 1 aromatic heterocycles. The van der Waals surface area contributed by atoms with Crippen LogP contribution in [0.2, 0.25) is 0 Å². The van der Waals surface area contributed by atoms with Gasteiger partial charge in [0.1, 0.15) is 0 Å². The zero-order valence-corrected chi connectivity index (χ0v) is 13.1. The van der Waals surface area contributed by atoms with Gasteiger partial charge in [-0.1, -0.05) is 0 Å². The maximum Gasteiger partial charge on any atom is 0.253 e. The third kappa shape index (κ3) is 2.98. The van der Waals surface area contributed by atoms with Crippen LogP contribution in [-0.4, -0.2) is 52.8 Å². The number of amides is 2. The molecule has 2 saturated heterocycles. The number of piperidine rings is 2. The summed E-state index contributed by atoms with van der Waals surface area (Å²) in [6.07, 6.45) is 7.56. The third-order valence-electron chi connectivity index (χ3n) is 5.15. The van der Waals surface area contributed by atoms with Gasteiger partial charge in [-0.25, -0.2) is 0 Å². The number of carbonyl (C=O) groups excluding carboxylic acids is 2. The zero-order valence-electron chi connectivity index (χ0n) is 13.1. The standard InChI is InChI=1S/C17H23N3O2/c1-14(21)19-11-6-17(7-12-19)5-2-10-20(13-17)16(22)15-3-8-18-9-4-15/h3-4,8-9H,2,5-7,10-13H2,1H3. The summed E-state index contributed by atoms with van der Waals surface area (Å²) in [6.45, 7) is 4.94. The van der Waals surface area contributed by atoms with Crippen LogP contribution in [0.25, 0.3) is 0 Å². The summed E-state index contributed by atoms with van der Waals surface area (Å²) >= 11 is 0. The molecule has 22 heavy (non-hydrogen) atoms. The van der Waals surface area contributed by atoms with Crippen LogP contribution in [0.5, 0.6) is 0 Å². The average molecular weight is 301 g/mol. The zero-order chi connectivity index (χ0) is 15.6. The number of hydrogen-bond donors (Lipinski definition) is 0. The Morgan fingerprint density at radius 1 is 1.05 bits per heavy atom. The second kappa shape index (κ2) is 6.07. The number of likely N-dealkylation sites (tertiary alicyclic amines) is 2. The largest absolute Gasteiger partial charge is 0.343 e. The van der Waals surface area contributed by atoms with Crippen LogP contribution in [0.4, 0.5) is 0 Å². The Kier molecular flexibility index (Phi) is 4.14. The Hall–Kier alpha value is -1.91. The predicted octanol–water partition coefficient (Wildman–Crippen LogP) is 1.95. The van der Waals surface area contributed by atoms with Gasteiger partial charge in [0.15, 0.2) is 0 Å². The number of carbonyl (C=O) groups is 2. The molecule has 0 bridgehead atoms. The van der Waals surface area contributed by atoms with E-state index in [4.69, 9.17) is 0 Å². The quantitative estimate of drug-likeness (QED) is 0.796. The molecule has 0 aliphatic carbocycles. The summed E-state index contributed by atoms with van der Waals surface area (Å²) in [6, 6.07) is 3.56. The maximum atomic E-state index is 12.6. The van der Waals surface area contributed by atoms with E-state index in [9.17, 15) is 9.59 Å². The van der Waals surface area contributed by atoms with Crippen LogP contribution in [0.3, 0.4) is 0 Å². The lowest BCUT2D eigenvalue weighted by Crippen LogP contribution is -2.51. The highest BCUT2D eigenvalue weighted by atomic mass is 16.2. The Morgan fingerprint density at radius 3 is 2.36 bits per heavy atom. The fourth-order valence-corrected chi connectivity index (χ4v) is 3.76. The van der Waals surface area contributed by atoms with Crippen molar-refractivity contribution in [1.82, 2.24) is 14.8 Å². The van der Waals surface area contributed by atoms with Gasteiger partial charge >= 0.3 is 0 Å². The van der Waals surface area contributed by atoms with Crippen molar-refractivity contribution in [2.75, 3.05) is 26.2 Å². The fourth-order valence-electron chi connectivity index (χ4n) is 3.76. The summed E-state index contributed by atoms with van der Waals surface area (Å²) in [4.78, 5) is 32.0. The molecule has 0 unspecified atom stereocenters. The molecule has 0 radical (unpaired) electrons. The number of rotatable bonds is 1. The first-order chi connectivity index (χ1) is 10.6. The Balaban J connectivity index is 1.67. The van der Waals surface area contributed by atoms with Crippen LogP contribution in [-0.2, 0) is 4.79 Å². The Labute approximate surface area is 131 Å². The monoisotopic (exact) mass is 301 g/mol. The Bertz CT molecular complexity index is 550. The molecule has 0 saturated carbocycles. The van der Waals surface area contributed by atoms with Crippen molar-refractivity contribution in [3.63, 3.8) is 0 Å². The number of aromatic nitrogens is 1. The van der Waals surface area contributed by atoms with Crippen LogP contribution in [0.15, 0.2) is 24.5 Å². The molecule has 0 aromatic carbocycles. The van der Waals surface area contributed by atoms with E-state index in [2.05, 4.69) is 4.98 Å². The molecule has 2 amide bonds. The summed E-state index contributed by atoms with van der Waals surface area (Å²) < 4.78 is 0. The smallest absolute Gasteiger partial charge is 0.253 e. The van der Waals surface area contributed by atoms with E-state index in [1.807, 2.05) is 9.80 Å². The minimum absolute atomic E-state index is 0.107. The van der Waals surface area contributed by atoms with Crippen LogP contribution >= 0.6 is 0 Å². The highest BCUT2D eigenvalue weighted by molar-refractivity contribution is 5.94. The van der Waals surface area contributed by atoms with E-state index in [1.165, 1.54) is 6.42 Å². The SMILES string of the molecule is CC(=O)N1CCC2(CCCN(C(=O)c3ccncc3)C2)CC1. The van der Waals surface area contributed by atoms with Gasteiger partial charge in [-0.05, 0) is 43.2 Å². The molecule has 2 aliphatic heterocycles. The normalized spacial score (nSPS) is 21.0. The average Bonchev–Trinajstić information content (AvgIpc) is 2.55. The van der Waals surface area contributed by atoms with Crippen molar-refractivity contribution in [2.24, 2.45) is 5.41 Å². The van der Waals surface area contributed by atoms with Crippen molar-refractivity contribution in [2.45, 2.75) is 32.6 Å². The third-order valence-corrected chi connectivity index (χ3v) is 5.15. The van der Waals surface area contributed by atoms with Crippen molar-refractivity contribution in [3.8, 4) is 0 Å². The molecule has 1 aromatic rings. The summed E-state index contributed by atoms with van der Waals surface area (Å²) in [7, 11) is 0. The van der Waals surface area contributed by atoms with Gasteiger partial charge < -0.3 is 9.80 Å². The molecule has 3 heterocycles. The van der Waals surface area contributed by atoms with Gasteiger partial charge in [0.2, 0.25) is 5.91 Å². The van der Waals surface area contributed by atoms with Crippen molar-refractivity contribution >= 4 is 11.8 Å². The second-order valence-electron chi connectivity index (χ2n) is 6.57. The van der Waals surface area contributed by atoms with E-state index >= 15 is 0 Å². The topological polar surface area (TPSA) is 53.5 Å². The van der Waals surface area contributed by atoms with E-state index in [0.29, 0.717) is 5.56 Å². The van der Waals surface area contributed by atoms with Crippen molar-refractivity contribution in [1.29, 1.82) is 0 Å². The number of pyridine rings is 1. The molecular weight excluding hydrogens is 278 g/mol. The molecule has 1 spiro atoms. The van der Waals surface area contributed by atoms with E-state index in [1.54, 1.807) is 31.5 Å². The highest BCUT2D eigenvalue weighted by Crippen LogP contribution is 2.40. The molecule has 2 aliphatic rings. The minimum atomic E-state index is 0.107. The minimum Gasteiger partial charge on any atom is -0.343 e. The summed E-state index contributed by atoms with van der Waals surface area (Å²) in [5, 5.41) is 0. The van der Waals surface area contributed by atoms with Crippen LogP contribution < -0.4 is 0 Å². The molecule has 0 atom stereocenters. The summed E-state index contributed by atoms with van der Waals surface area (Å²) in [5.74, 6) is 0.269. The molecule has 3 rings (SSSR count). The lowest BCUT2D eigenvalue weighted by molar-refractivity contribution is -0.131. The predicted molar refractivity (Wildman–Crippen MR) is 83.3 cm³/mol. The molecule has 118 valence electrons. The number of nitrogens with zero attached hydrogens (tertiary/aromatic N) is 3. The number of hydrogen-bond acceptors (Lipinski definition) is 3. The Morgan fingerprint density at radius 2 is 1.73 bits per heavy atom. The van der Waals surface area contributed by atoms with E-state index in [-0.39, 0.29) is 17.2 Å². The van der Waals surface area contributed by atoms with Crippen LogP contribution in [0.1, 0.15) is 43.0 Å². The van der Waals surface area contributed by atoms with Crippen molar-refractivity contribution < 1.29 is 9.59 Å². The first-order valence-corrected chi connectivity index (χ1v) is 8.05. The lowest BCUT2D eigenvalue weighted by Gasteiger charge is -2.47. The summed E-state index contributed by atoms with van der Waals surface area (Å²) in [5.41, 5.74) is 0.917. The van der Waals surface area contributed by atoms with Gasteiger partial charge in [-0.15, -0.1) is 0 Å². The molecular formula is C17H23N3O2. The van der Waals surface area contributed by atoms with E-state index < -0.39 is 0 Å². The molecule has 2 fully saturated rings. The molecule has 5 heteroatoms. The van der Waals surface area contributed by atoms with Gasteiger partial charge in [0.25, 0.3) is 5.91 Å². The first kappa shape index (κ1) is 15.0. The van der Waals surface area contributed by atoms with E-state index in [0.717, 1.165) is 45.4 Å². The van der Waals surface area contributed by atoms with Gasteiger partial charge in [0.05, 0.1) is 0 Å². The van der Waals surface area contributed by atoms with Gasteiger partial charge in [0, 0.05) is 51.1 Å². The lowest BCUT2D eigenvalue weighted by atomic mass is 9.72.